The molecule has 2 N–H and O–H groups in total. The van der Waals surface area contributed by atoms with E-state index >= 15 is 0 Å². The van der Waals surface area contributed by atoms with Crippen molar-refractivity contribution < 1.29 is 9.53 Å². The van der Waals surface area contributed by atoms with Gasteiger partial charge in [0.05, 0.1) is 6.61 Å². The Morgan fingerprint density at radius 3 is 2.48 bits per heavy atom. The van der Waals surface area contributed by atoms with Gasteiger partial charge in [-0.25, -0.2) is 0 Å². The van der Waals surface area contributed by atoms with Gasteiger partial charge >= 0.3 is 0 Å². The standard InChI is InChI=1S/C17H34N2O2/c1-3-4-6-15-7-9-16(10-8-15)17(20)19(12-5-11-18)13-14-21-2/h15-16H,3-14,18H2,1-2H3. The zero-order valence-electron chi connectivity index (χ0n) is 14.0. The summed E-state index contributed by atoms with van der Waals surface area (Å²) in [6.07, 6.45) is 9.43. The molecule has 0 heterocycles. The molecule has 0 saturated heterocycles. The van der Waals surface area contributed by atoms with Gasteiger partial charge in [-0.15, -0.1) is 0 Å². The Balaban J connectivity index is 2.40. The monoisotopic (exact) mass is 298 g/mol. The van der Waals surface area contributed by atoms with Crippen LogP contribution in [-0.4, -0.2) is 44.2 Å². The van der Waals surface area contributed by atoms with E-state index in [1.165, 1.54) is 32.1 Å². The molecular weight excluding hydrogens is 264 g/mol. The summed E-state index contributed by atoms with van der Waals surface area (Å²) in [6, 6.07) is 0. The van der Waals surface area contributed by atoms with Gasteiger partial charge in [-0.2, -0.15) is 0 Å². The maximum absolute atomic E-state index is 12.7. The Hall–Kier alpha value is -0.610. The first-order chi connectivity index (χ1) is 10.2. The molecule has 1 aliphatic rings. The van der Waals surface area contributed by atoms with E-state index in [-0.39, 0.29) is 5.92 Å². The molecule has 21 heavy (non-hydrogen) atoms. The zero-order valence-corrected chi connectivity index (χ0v) is 14.0. The Labute approximate surface area is 130 Å². The van der Waals surface area contributed by atoms with E-state index in [2.05, 4.69) is 6.92 Å². The Morgan fingerprint density at radius 2 is 1.90 bits per heavy atom. The van der Waals surface area contributed by atoms with Crippen LogP contribution >= 0.6 is 0 Å². The van der Waals surface area contributed by atoms with Crippen LogP contribution < -0.4 is 5.73 Å². The molecule has 124 valence electrons. The molecule has 0 spiro atoms. The molecule has 0 aromatic carbocycles. The molecular formula is C17H34N2O2. The number of carbonyl (C=O) groups excluding carboxylic acids is 1. The molecule has 1 aliphatic carbocycles. The first-order valence-electron chi connectivity index (χ1n) is 8.70. The van der Waals surface area contributed by atoms with Gasteiger partial charge < -0.3 is 15.4 Å². The summed E-state index contributed by atoms with van der Waals surface area (Å²) in [5.41, 5.74) is 5.58. The number of ether oxygens (including phenoxy) is 1. The van der Waals surface area contributed by atoms with E-state index < -0.39 is 0 Å². The van der Waals surface area contributed by atoms with Gasteiger partial charge in [-0.1, -0.05) is 26.2 Å². The Morgan fingerprint density at radius 1 is 1.19 bits per heavy atom. The smallest absolute Gasteiger partial charge is 0.225 e. The van der Waals surface area contributed by atoms with Crippen molar-refractivity contribution in [2.24, 2.45) is 17.6 Å². The van der Waals surface area contributed by atoms with Gasteiger partial charge in [0.1, 0.15) is 0 Å². The van der Waals surface area contributed by atoms with Crippen LogP contribution in [0.4, 0.5) is 0 Å². The molecule has 4 heteroatoms. The largest absolute Gasteiger partial charge is 0.383 e. The number of rotatable bonds is 10. The third-order valence-corrected chi connectivity index (χ3v) is 4.67. The van der Waals surface area contributed by atoms with E-state index in [1.54, 1.807) is 7.11 Å². The van der Waals surface area contributed by atoms with Crippen LogP contribution in [0.3, 0.4) is 0 Å². The van der Waals surface area contributed by atoms with Crippen molar-refractivity contribution in [2.75, 3.05) is 33.4 Å². The fraction of sp³-hybridized carbons (Fsp3) is 0.941. The lowest BCUT2D eigenvalue weighted by atomic mass is 9.79. The predicted molar refractivity (Wildman–Crippen MR) is 87.1 cm³/mol. The lowest BCUT2D eigenvalue weighted by Gasteiger charge is -2.32. The van der Waals surface area contributed by atoms with Crippen molar-refractivity contribution in [1.29, 1.82) is 0 Å². The van der Waals surface area contributed by atoms with Gasteiger partial charge in [0.15, 0.2) is 0 Å². The van der Waals surface area contributed by atoms with Crippen LogP contribution in [0.1, 0.15) is 58.3 Å². The van der Waals surface area contributed by atoms with Crippen molar-refractivity contribution in [2.45, 2.75) is 58.3 Å². The van der Waals surface area contributed by atoms with Crippen LogP contribution in [0.25, 0.3) is 0 Å². The Kier molecular flexibility index (Phi) is 9.68. The van der Waals surface area contributed by atoms with E-state index in [4.69, 9.17) is 10.5 Å². The molecule has 0 unspecified atom stereocenters. The Bertz CT molecular complexity index is 268. The summed E-state index contributed by atoms with van der Waals surface area (Å²) in [4.78, 5) is 14.6. The maximum atomic E-state index is 12.7. The number of nitrogens with zero attached hydrogens (tertiary/aromatic N) is 1. The number of hydrogen-bond donors (Lipinski definition) is 1. The number of amides is 1. The molecule has 0 bridgehead atoms. The minimum atomic E-state index is 0.234. The molecule has 0 aromatic rings. The number of carbonyl (C=O) groups is 1. The highest BCUT2D eigenvalue weighted by molar-refractivity contribution is 5.78. The van der Waals surface area contributed by atoms with Crippen LogP contribution in [0.5, 0.6) is 0 Å². The number of methoxy groups -OCH3 is 1. The average Bonchev–Trinajstić information content (AvgIpc) is 2.53. The normalized spacial score (nSPS) is 22.2. The molecule has 1 saturated carbocycles. The molecule has 0 aliphatic heterocycles. The minimum Gasteiger partial charge on any atom is -0.383 e. The molecule has 0 atom stereocenters. The first-order valence-corrected chi connectivity index (χ1v) is 8.70. The second-order valence-electron chi connectivity index (χ2n) is 6.32. The first kappa shape index (κ1) is 18.4. The molecule has 0 aromatic heterocycles. The highest BCUT2D eigenvalue weighted by atomic mass is 16.5. The number of unbranched alkanes of at least 4 members (excludes halogenated alkanes) is 1. The van der Waals surface area contributed by atoms with Crippen LogP contribution in [0.15, 0.2) is 0 Å². The van der Waals surface area contributed by atoms with Crippen molar-refractivity contribution in [1.82, 2.24) is 4.90 Å². The van der Waals surface area contributed by atoms with Crippen molar-refractivity contribution in [3.63, 3.8) is 0 Å². The highest BCUT2D eigenvalue weighted by Crippen LogP contribution is 2.32. The summed E-state index contributed by atoms with van der Waals surface area (Å²) in [7, 11) is 1.69. The molecule has 1 fully saturated rings. The summed E-state index contributed by atoms with van der Waals surface area (Å²) in [5.74, 6) is 1.41. The lowest BCUT2D eigenvalue weighted by molar-refractivity contribution is -0.137. The van der Waals surface area contributed by atoms with E-state index in [9.17, 15) is 4.79 Å². The van der Waals surface area contributed by atoms with Crippen molar-refractivity contribution >= 4 is 5.91 Å². The SMILES string of the molecule is CCCCC1CCC(C(=O)N(CCCN)CCOC)CC1. The van der Waals surface area contributed by atoms with Gasteiger partial charge in [0.25, 0.3) is 0 Å². The average molecular weight is 298 g/mol. The number of hydrogen-bond acceptors (Lipinski definition) is 3. The summed E-state index contributed by atoms with van der Waals surface area (Å²) >= 11 is 0. The van der Waals surface area contributed by atoms with Gasteiger partial charge in [-0.05, 0) is 44.6 Å². The van der Waals surface area contributed by atoms with E-state index in [0.29, 0.717) is 25.6 Å². The third-order valence-electron chi connectivity index (χ3n) is 4.67. The van der Waals surface area contributed by atoms with Crippen LogP contribution in [0, 0.1) is 11.8 Å². The zero-order chi connectivity index (χ0) is 15.5. The van der Waals surface area contributed by atoms with Crippen molar-refractivity contribution in [3.05, 3.63) is 0 Å². The molecule has 1 amide bonds. The van der Waals surface area contributed by atoms with Crippen LogP contribution in [0.2, 0.25) is 0 Å². The summed E-state index contributed by atoms with van der Waals surface area (Å²) in [6.45, 7) is 4.97. The minimum absolute atomic E-state index is 0.234. The number of nitrogens with two attached hydrogens (primary N) is 1. The van der Waals surface area contributed by atoms with Gasteiger partial charge in [-0.3, -0.25) is 4.79 Å². The molecule has 1 rings (SSSR count). The summed E-state index contributed by atoms with van der Waals surface area (Å²) in [5, 5.41) is 0. The maximum Gasteiger partial charge on any atom is 0.225 e. The second kappa shape index (κ2) is 11.0. The predicted octanol–water partition coefficient (Wildman–Crippen LogP) is 2.81. The fourth-order valence-corrected chi connectivity index (χ4v) is 3.26. The summed E-state index contributed by atoms with van der Waals surface area (Å²) < 4.78 is 5.13. The van der Waals surface area contributed by atoms with E-state index in [1.807, 2.05) is 4.90 Å². The van der Waals surface area contributed by atoms with Gasteiger partial charge in [0, 0.05) is 26.1 Å². The molecule has 0 radical (unpaired) electrons. The topological polar surface area (TPSA) is 55.6 Å². The van der Waals surface area contributed by atoms with Gasteiger partial charge in [0.2, 0.25) is 5.91 Å². The second-order valence-corrected chi connectivity index (χ2v) is 6.32. The van der Waals surface area contributed by atoms with Crippen LogP contribution in [-0.2, 0) is 9.53 Å². The fourth-order valence-electron chi connectivity index (χ4n) is 3.26. The van der Waals surface area contributed by atoms with Crippen molar-refractivity contribution in [3.8, 4) is 0 Å². The quantitative estimate of drug-likeness (QED) is 0.675. The third kappa shape index (κ3) is 6.79. The lowest BCUT2D eigenvalue weighted by Crippen LogP contribution is -2.40. The van der Waals surface area contributed by atoms with E-state index in [0.717, 1.165) is 31.7 Å². The molecule has 4 nitrogen and oxygen atoms in total. The highest BCUT2D eigenvalue weighted by Gasteiger charge is 2.28.